The summed E-state index contributed by atoms with van der Waals surface area (Å²) in [6.07, 6.45) is -4.32. The van der Waals surface area contributed by atoms with Crippen LogP contribution in [0.3, 0.4) is 0 Å². The molecule has 8 amide bonds. The lowest BCUT2D eigenvalue weighted by Crippen LogP contribution is -2.58. The Balaban J connectivity index is 2.09. The minimum absolute atomic E-state index is 0.00999. The maximum atomic E-state index is 17.2. The summed E-state index contributed by atoms with van der Waals surface area (Å²) in [5.74, 6) is -14.1. The van der Waals surface area contributed by atoms with Crippen LogP contribution >= 0.6 is 0 Å². The number of amides is 8. The van der Waals surface area contributed by atoms with Crippen molar-refractivity contribution in [1.29, 1.82) is 0 Å². The van der Waals surface area contributed by atoms with Crippen molar-refractivity contribution in [2.24, 2.45) is 0 Å². The zero-order chi connectivity index (χ0) is 74.1. The Morgan fingerprint density at radius 3 is 1.31 bits per heavy atom. The van der Waals surface area contributed by atoms with Crippen LogP contribution < -0.4 is 47.7 Å². The van der Waals surface area contributed by atoms with Crippen LogP contribution in [0.2, 0.25) is 10.1 Å². The Bertz CT molecular complexity index is 2870. The third-order valence-corrected chi connectivity index (χ3v) is 21.2. The van der Waals surface area contributed by atoms with Crippen LogP contribution in [0, 0.1) is 0 Å². The number of nitrogens with zero attached hydrogens (tertiary/aromatic N) is 4. The molecule has 0 aromatic heterocycles. The highest BCUT2D eigenvalue weighted by atomic mass is 28.4. The standard InChI is InChI=1S/C61H99FN12O23Si/c1-60(2,3)98(62,61(4,5)6)39-17-15-38(16-18-39)53(87)68-44(33-65-48(78)34-71-25-27-72(35-50(81)82)29-31-74(37-52(85)86)32-30-73(28-26-71)36-51(83)84)54(88)67-41(56(91)92)11-7-8-23-63-45(75)21-22-46(76)64-24-10-13-40(55(89)90)66-47(77)20-19-43(58(95)96)70-59(97)69-42(57(93)94)12-9-14-49(79)80/h15-18,40-44,50,81-82H,7-14,19-37H2,1-6H3,(H,63,75)(H,64,76)(H,65,78)(H,66,77)(H,67,88)(H,68,87)(H,79,80)(H,83,84)(H,85,86)(H,89,90)(H,91,92)(H,93,94)(H,95,96)(H2,69,70,97)/t40-,41-,42-,43-,44-/m0/s1. The molecule has 1 fully saturated rings. The molecule has 0 saturated carbocycles. The van der Waals surface area contributed by atoms with E-state index in [1.165, 1.54) is 24.3 Å². The first-order valence-corrected chi connectivity index (χ1v) is 34.0. The fourth-order valence-electron chi connectivity index (χ4n) is 10.9. The number of β-amino-alcohol motifs (C(OH)–C–C–N with tert-alkyl or cyclic N) is 2. The largest absolute Gasteiger partial charge is 0.481 e. The number of halogens is 1. The number of benzene rings is 1. The van der Waals surface area contributed by atoms with E-state index >= 15 is 4.11 Å². The number of nitrogens with one attached hydrogen (secondary N) is 8. The molecule has 0 bridgehead atoms. The van der Waals surface area contributed by atoms with Gasteiger partial charge >= 0.3 is 47.8 Å². The summed E-state index contributed by atoms with van der Waals surface area (Å²) in [6.45, 7) is 9.94. The number of unbranched alkanes of at least 4 members (excludes halogenated alkanes) is 1. The number of hydrogen-bond acceptors (Lipinski definition) is 20. The van der Waals surface area contributed by atoms with E-state index in [-0.39, 0.29) is 155 Å². The topological polar surface area (TPSA) is 530 Å². The molecule has 17 N–H and O–H groups in total. The van der Waals surface area contributed by atoms with Gasteiger partial charge in [0.05, 0.1) is 19.6 Å². The molecule has 552 valence electrons. The molecule has 0 radical (unpaired) electrons. The van der Waals surface area contributed by atoms with Crippen LogP contribution in [0.25, 0.3) is 0 Å². The van der Waals surface area contributed by atoms with Crippen LogP contribution in [-0.2, 0) is 57.5 Å². The van der Waals surface area contributed by atoms with E-state index in [1.54, 1.807) is 61.1 Å². The number of carbonyl (C=O) groups excluding carboxylic acids is 7. The van der Waals surface area contributed by atoms with E-state index in [4.69, 9.17) is 5.11 Å². The van der Waals surface area contributed by atoms with Gasteiger partial charge in [0.2, 0.25) is 29.5 Å². The van der Waals surface area contributed by atoms with Crippen LogP contribution in [0.4, 0.5) is 8.90 Å². The van der Waals surface area contributed by atoms with Crippen molar-refractivity contribution in [1.82, 2.24) is 62.1 Å². The predicted octanol–water partition coefficient (Wildman–Crippen LogP) is -2.33. The lowest BCUT2D eigenvalue weighted by Gasteiger charge is -2.44. The number of aliphatic hydroxyl groups excluding tert-OH is 1. The van der Waals surface area contributed by atoms with Crippen molar-refractivity contribution in [3.63, 3.8) is 0 Å². The first-order valence-electron chi connectivity index (χ1n) is 32.1. The Morgan fingerprint density at radius 1 is 0.439 bits per heavy atom. The van der Waals surface area contributed by atoms with E-state index < -0.39 is 164 Å². The highest BCUT2D eigenvalue weighted by molar-refractivity contribution is 6.90. The van der Waals surface area contributed by atoms with E-state index in [9.17, 15) is 108 Å². The predicted molar refractivity (Wildman–Crippen MR) is 349 cm³/mol. The molecule has 1 aliphatic rings. The summed E-state index contributed by atoms with van der Waals surface area (Å²) in [5.41, 5.74) is 0.00999. The summed E-state index contributed by atoms with van der Waals surface area (Å²) >= 11 is 0. The van der Waals surface area contributed by atoms with Gasteiger partial charge in [0.15, 0.2) is 6.29 Å². The number of aliphatic hydroxyl groups is 2. The number of urea groups is 1. The monoisotopic (exact) mass is 1410 g/mol. The number of aliphatic carboxylic acids is 7. The number of carbonyl (C=O) groups is 14. The first-order chi connectivity index (χ1) is 45.7. The van der Waals surface area contributed by atoms with E-state index in [0.717, 1.165) is 0 Å². The van der Waals surface area contributed by atoms with Crippen molar-refractivity contribution >= 4 is 96.9 Å². The number of carboxylic acid groups (broad SMARTS) is 7. The Morgan fingerprint density at radius 2 is 0.857 bits per heavy atom. The van der Waals surface area contributed by atoms with Crippen molar-refractivity contribution < 1.29 is 117 Å². The summed E-state index contributed by atoms with van der Waals surface area (Å²) in [7, 11) is -3.78. The average molecular weight is 1420 g/mol. The van der Waals surface area contributed by atoms with Crippen LogP contribution in [0.15, 0.2) is 24.3 Å². The molecule has 1 heterocycles. The minimum atomic E-state index is -3.78. The Hall–Kier alpha value is -8.49. The van der Waals surface area contributed by atoms with E-state index in [0.29, 0.717) is 5.19 Å². The molecule has 1 aromatic rings. The molecule has 5 atom stereocenters. The molecule has 98 heavy (non-hydrogen) atoms. The lowest BCUT2D eigenvalue weighted by molar-refractivity contribution is -0.142. The second kappa shape index (κ2) is 42.3. The fraction of sp³-hybridized carbons (Fsp3) is 0.672. The van der Waals surface area contributed by atoms with Gasteiger partial charge in [0, 0.05) is 110 Å². The Labute approximate surface area is 567 Å². The van der Waals surface area contributed by atoms with Crippen LogP contribution in [-0.4, -0.2) is 292 Å². The zero-order valence-corrected chi connectivity index (χ0v) is 57.3. The molecular weight excluding hydrogens is 1320 g/mol. The second-order valence-electron chi connectivity index (χ2n) is 25.9. The number of carboxylic acids is 7. The number of hydrogen-bond donors (Lipinski definition) is 17. The fourth-order valence-corrected chi connectivity index (χ4v) is 15.5. The van der Waals surface area contributed by atoms with Gasteiger partial charge in [-0.3, -0.25) is 62.8 Å². The summed E-state index contributed by atoms with van der Waals surface area (Å²) < 4.78 is 17.2. The van der Waals surface area contributed by atoms with Gasteiger partial charge in [-0.05, 0) is 78.8 Å². The summed E-state index contributed by atoms with van der Waals surface area (Å²) in [6, 6.07) is -3.31. The van der Waals surface area contributed by atoms with Crippen LogP contribution in [0.5, 0.6) is 0 Å². The Kier molecular flexibility index (Phi) is 37.0. The van der Waals surface area contributed by atoms with Gasteiger partial charge in [-0.1, -0.05) is 53.7 Å². The zero-order valence-electron chi connectivity index (χ0n) is 56.3. The highest BCUT2D eigenvalue weighted by Gasteiger charge is 2.56. The molecule has 1 saturated heterocycles. The SMILES string of the molecule is CC(C)(C)[Si](F)(c1ccc(C(=O)N[C@@H](CNC(=O)CN2CCN(CC(=O)O)CCN(CC(=O)O)CCN(CC(O)O)CC2)C(=O)N[C@@H](CCCCNC(=O)CCC(=O)NCCC[C@H](NC(=O)CC[C@H](NC(=O)N[C@@H](CCCC(=O)O)C(=O)O)C(=O)O)C(=O)O)C(=O)O)cc1)C(C)(C)C. The first kappa shape index (κ1) is 85.6. The molecule has 2 rings (SSSR count). The third-order valence-electron chi connectivity index (χ3n) is 16.0. The number of rotatable bonds is 41. The maximum Gasteiger partial charge on any atom is 0.326 e. The summed E-state index contributed by atoms with van der Waals surface area (Å²) in [5, 5.41) is 104. The van der Waals surface area contributed by atoms with Gasteiger partial charge < -0.3 is 92.6 Å². The molecule has 0 aliphatic carbocycles. The molecule has 0 spiro atoms. The minimum Gasteiger partial charge on any atom is -0.481 e. The quantitative estimate of drug-likeness (QED) is 0.0141. The van der Waals surface area contributed by atoms with Crippen molar-refractivity contribution in [2.45, 2.75) is 165 Å². The van der Waals surface area contributed by atoms with Gasteiger partial charge in [-0.2, -0.15) is 0 Å². The van der Waals surface area contributed by atoms with E-state index in [1.807, 2.05) is 10.6 Å². The average Bonchev–Trinajstić information content (AvgIpc) is 0.749. The molecule has 37 heteroatoms. The molecule has 0 unspecified atom stereocenters. The molecule has 1 aromatic carbocycles. The van der Waals surface area contributed by atoms with Gasteiger partial charge in [-0.15, -0.1) is 0 Å². The molecular formula is C61H99FN12O23Si. The van der Waals surface area contributed by atoms with Crippen molar-refractivity contribution in [3.8, 4) is 0 Å². The smallest absolute Gasteiger partial charge is 0.326 e. The highest BCUT2D eigenvalue weighted by Crippen LogP contribution is 2.51. The normalized spacial score (nSPS) is 15.6. The van der Waals surface area contributed by atoms with E-state index in [2.05, 4.69) is 31.9 Å². The van der Waals surface area contributed by atoms with Crippen molar-refractivity contribution in [3.05, 3.63) is 29.8 Å². The van der Waals surface area contributed by atoms with Crippen molar-refractivity contribution in [2.75, 3.05) is 98.2 Å². The summed E-state index contributed by atoms with van der Waals surface area (Å²) in [4.78, 5) is 180. The lowest BCUT2D eigenvalue weighted by atomic mass is 10.1. The maximum absolute atomic E-state index is 17.2. The third kappa shape index (κ3) is 32.7. The van der Waals surface area contributed by atoms with Crippen LogP contribution in [0.1, 0.15) is 129 Å². The van der Waals surface area contributed by atoms with Gasteiger partial charge in [0.1, 0.15) is 30.2 Å². The molecule has 1 aliphatic heterocycles. The van der Waals surface area contributed by atoms with Gasteiger partial charge in [0.25, 0.3) is 14.3 Å². The molecule has 35 nitrogen and oxygen atoms in total. The second-order valence-corrected chi connectivity index (χ2v) is 30.8. The van der Waals surface area contributed by atoms with Gasteiger partial charge in [-0.25, -0.2) is 24.0 Å².